The van der Waals surface area contributed by atoms with Crippen LogP contribution < -0.4 is 5.32 Å². The van der Waals surface area contributed by atoms with E-state index < -0.39 is 0 Å². The molecule has 1 N–H and O–H groups in total. The molecule has 5 heteroatoms. The Kier molecular flexibility index (Phi) is 5.37. The summed E-state index contributed by atoms with van der Waals surface area (Å²) in [4.78, 5) is 8.75. The summed E-state index contributed by atoms with van der Waals surface area (Å²) >= 11 is 0. The summed E-state index contributed by atoms with van der Waals surface area (Å²) in [6, 6.07) is 10.8. The third-order valence-electron chi connectivity index (χ3n) is 5.42. The number of aryl methyl sites for hydroxylation is 1. The topological polar surface area (TPSA) is 63.6 Å². The smallest absolute Gasteiger partial charge is 0.243 e. The maximum absolute atomic E-state index is 4.63. The average molecular weight is 359 g/mol. The summed E-state index contributed by atoms with van der Waals surface area (Å²) in [5.41, 5.74) is 5.69. The molecule has 1 saturated carbocycles. The van der Waals surface area contributed by atoms with E-state index in [0.29, 0.717) is 12.5 Å². The minimum Gasteiger partial charge on any atom is -0.349 e. The highest BCUT2D eigenvalue weighted by molar-refractivity contribution is 5.59. The number of aromatic nitrogens is 4. The van der Waals surface area contributed by atoms with Gasteiger partial charge in [0, 0.05) is 24.5 Å². The molecule has 1 aliphatic rings. The Morgan fingerprint density at radius 2 is 1.81 bits per heavy atom. The van der Waals surface area contributed by atoms with Gasteiger partial charge in [0.2, 0.25) is 5.95 Å². The third kappa shape index (κ3) is 4.30. The SMILES string of the molecule is Cc1cnccc1CNc1nncc(-c2ccc(C3CCCCC3)cc2)n1. The predicted molar refractivity (Wildman–Crippen MR) is 107 cm³/mol. The number of nitrogens with zero attached hydrogens (tertiary/aromatic N) is 4. The first-order chi connectivity index (χ1) is 13.3. The number of nitrogens with one attached hydrogen (secondary N) is 1. The summed E-state index contributed by atoms with van der Waals surface area (Å²) in [6.07, 6.45) is 12.1. The lowest BCUT2D eigenvalue weighted by molar-refractivity contribution is 0.443. The molecule has 0 atom stereocenters. The lowest BCUT2D eigenvalue weighted by Crippen LogP contribution is -2.06. The number of hydrogen-bond donors (Lipinski definition) is 1. The Bertz CT molecular complexity index is 885. The fourth-order valence-corrected chi connectivity index (χ4v) is 3.75. The largest absolute Gasteiger partial charge is 0.349 e. The van der Waals surface area contributed by atoms with Crippen molar-refractivity contribution in [3.05, 3.63) is 65.6 Å². The summed E-state index contributed by atoms with van der Waals surface area (Å²) in [5, 5.41) is 11.5. The highest BCUT2D eigenvalue weighted by Crippen LogP contribution is 2.33. The van der Waals surface area contributed by atoms with Gasteiger partial charge in [0.1, 0.15) is 0 Å². The number of anilines is 1. The van der Waals surface area contributed by atoms with Gasteiger partial charge < -0.3 is 5.32 Å². The molecule has 0 bridgehead atoms. The minimum atomic E-state index is 0.542. The van der Waals surface area contributed by atoms with Crippen LogP contribution in [0.15, 0.2) is 48.9 Å². The second-order valence-electron chi connectivity index (χ2n) is 7.28. The van der Waals surface area contributed by atoms with Gasteiger partial charge >= 0.3 is 0 Å². The van der Waals surface area contributed by atoms with E-state index in [2.05, 4.69) is 49.7 Å². The molecule has 3 aromatic rings. The zero-order valence-corrected chi connectivity index (χ0v) is 15.7. The Morgan fingerprint density at radius 1 is 1.00 bits per heavy atom. The molecule has 0 spiro atoms. The maximum Gasteiger partial charge on any atom is 0.243 e. The van der Waals surface area contributed by atoms with Crippen LogP contribution in [0.3, 0.4) is 0 Å². The molecule has 0 unspecified atom stereocenters. The van der Waals surface area contributed by atoms with Crippen LogP contribution in [0.1, 0.15) is 54.7 Å². The highest BCUT2D eigenvalue weighted by atomic mass is 15.2. The van der Waals surface area contributed by atoms with Crippen molar-refractivity contribution in [2.24, 2.45) is 0 Å². The monoisotopic (exact) mass is 359 g/mol. The molecule has 0 aliphatic heterocycles. The first-order valence-electron chi connectivity index (χ1n) is 9.73. The zero-order chi connectivity index (χ0) is 18.5. The van der Waals surface area contributed by atoms with Gasteiger partial charge in [0.15, 0.2) is 0 Å². The number of benzene rings is 1. The molecule has 2 heterocycles. The molecule has 1 aliphatic carbocycles. The van der Waals surface area contributed by atoms with Crippen LogP contribution in [0.2, 0.25) is 0 Å². The van der Waals surface area contributed by atoms with Gasteiger partial charge in [-0.05, 0) is 48.4 Å². The van der Waals surface area contributed by atoms with E-state index in [1.807, 2.05) is 19.2 Å². The molecule has 1 fully saturated rings. The fourth-order valence-electron chi connectivity index (χ4n) is 3.75. The first kappa shape index (κ1) is 17.6. The molecule has 0 amide bonds. The summed E-state index contributed by atoms with van der Waals surface area (Å²) in [5.74, 6) is 1.26. The minimum absolute atomic E-state index is 0.542. The van der Waals surface area contributed by atoms with Gasteiger partial charge in [-0.3, -0.25) is 4.98 Å². The van der Waals surface area contributed by atoms with Crippen molar-refractivity contribution < 1.29 is 0 Å². The van der Waals surface area contributed by atoms with Crippen LogP contribution >= 0.6 is 0 Å². The van der Waals surface area contributed by atoms with Gasteiger partial charge in [0.25, 0.3) is 0 Å². The van der Waals surface area contributed by atoms with Crippen molar-refractivity contribution in [2.45, 2.75) is 51.5 Å². The molecular weight excluding hydrogens is 334 g/mol. The second kappa shape index (κ2) is 8.25. The van der Waals surface area contributed by atoms with Crippen LogP contribution in [-0.4, -0.2) is 20.2 Å². The van der Waals surface area contributed by atoms with Crippen LogP contribution in [0.5, 0.6) is 0 Å². The molecule has 138 valence electrons. The standard InChI is InChI=1S/C22H25N5/c1-16-13-23-12-11-20(16)14-24-22-26-21(15-25-27-22)19-9-7-18(8-10-19)17-5-3-2-4-6-17/h7-13,15,17H,2-6,14H2,1H3,(H,24,26,27). The van der Waals surface area contributed by atoms with Crippen molar-refractivity contribution in [1.82, 2.24) is 20.2 Å². The molecule has 5 nitrogen and oxygen atoms in total. The van der Waals surface area contributed by atoms with Gasteiger partial charge in [0.05, 0.1) is 11.9 Å². The quantitative estimate of drug-likeness (QED) is 0.702. The van der Waals surface area contributed by atoms with E-state index in [1.165, 1.54) is 43.2 Å². The Morgan fingerprint density at radius 3 is 2.59 bits per heavy atom. The summed E-state index contributed by atoms with van der Waals surface area (Å²) < 4.78 is 0. The Balaban J connectivity index is 1.46. The van der Waals surface area contributed by atoms with Crippen molar-refractivity contribution in [1.29, 1.82) is 0 Å². The van der Waals surface area contributed by atoms with Gasteiger partial charge in [-0.2, -0.15) is 5.10 Å². The Labute approximate surface area is 160 Å². The lowest BCUT2D eigenvalue weighted by atomic mass is 9.84. The molecular formula is C22H25N5. The summed E-state index contributed by atoms with van der Waals surface area (Å²) in [7, 11) is 0. The average Bonchev–Trinajstić information content (AvgIpc) is 2.74. The van der Waals surface area contributed by atoms with Crippen molar-refractivity contribution in [2.75, 3.05) is 5.32 Å². The molecule has 4 rings (SSSR count). The van der Waals surface area contributed by atoms with E-state index in [0.717, 1.165) is 22.7 Å². The zero-order valence-electron chi connectivity index (χ0n) is 15.7. The number of hydrogen-bond acceptors (Lipinski definition) is 5. The van der Waals surface area contributed by atoms with Crippen molar-refractivity contribution >= 4 is 5.95 Å². The van der Waals surface area contributed by atoms with E-state index in [9.17, 15) is 0 Å². The normalized spacial score (nSPS) is 14.9. The van der Waals surface area contributed by atoms with Gasteiger partial charge in [-0.15, -0.1) is 5.10 Å². The molecule has 0 saturated heterocycles. The maximum atomic E-state index is 4.63. The molecule has 27 heavy (non-hydrogen) atoms. The van der Waals surface area contributed by atoms with Crippen molar-refractivity contribution in [3.8, 4) is 11.3 Å². The van der Waals surface area contributed by atoms with Crippen LogP contribution in [0, 0.1) is 6.92 Å². The van der Waals surface area contributed by atoms with Crippen LogP contribution in [-0.2, 0) is 6.54 Å². The molecule has 2 aromatic heterocycles. The summed E-state index contributed by atoms with van der Waals surface area (Å²) in [6.45, 7) is 2.70. The van der Waals surface area contributed by atoms with Gasteiger partial charge in [-0.1, -0.05) is 43.5 Å². The van der Waals surface area contributed by atoms with E-state index in [4.69, 9.17) is 0 Å². The molecule has 1 aromatic carbocycles. The predicted octanol–water partition coefficient (Wildman–Crippen LogP) is 4.90. The fraction of sp³-hybridized carbons (Fsp3) is 0.364. The number of rotatable bonds is 5. The Hall–Kier alpha value is -2.82. The van der Waals surface area contributed by atoms with E-state index >= 15 is 0 Å². The third-order valence-corrected chi connectivity index (χ3v) is 5.42. The number of pyridine rings is 1. The van der Waals surface area contributed by atoms with Crippen LogP contribution in [0.4, 0.5) is 5.95 Å². The van der Waals surface area contributed by atoms with E-state index in [-0.39, 0.29) is 0 Å². The van der Waals surface area contributed by atoms with Crippen molar-refractivity contribution in [3.63, 3.8) is 0 Å². The highest BCUT2D eigenvalue weighted by Gasteiger charge is 2.15. The molecule has 0 radical (unpaired) electrons. The van der Waals surface area contributed by atoms with E-state index in [1.54, 1.807) is 12.4 Å². The first-order valence-corrected chi connectivity index (χ1v) is 9.73. The second-order valence-corrected chi connectivity index (χ2v) is 7.28. The lowest BCUT2D eigenvalue weighted by Gasteiger charge is -2.22. The van der Waals surface area contributed by atoms with Crippen LogP contribution in [0.25, 0.3) is 11.3 Å². The van der Waals surface area contributed by atoms with Gasteiger partial charge in [-0.25, -0.2) is 4.98 Å².